The van der Waals surface area contributed by atoms with Crippen molar-refractivity contribution in [3.63, 3.8) is 0 Å². The lowest BCUT2D eigenvalue weighted by Crippen LogP contribution is -2.51. The molecule has 2 atom stereocenters. The number of ether oxygens (including phenoxy) is 1. The van der Waals surface area contributed by atoms with Gasteiger partial charge < -0.3 is 15.4 Å². The number of benzene rings is 1. The number of hydrogen-bond donors (Lipinski definition) is 2. The molecule has 2 aliphatic rings. The number of halogens is 1. The SMILES string of the molecule is COC(=O)[C@@H]1NC[C@@]2(C(=O)Nc3ccc(Cl)cc32)C1(C)C. The molecule has 1 spiro atoms. The third-order valence-corrected chi connectivity index (χ3v) is 5.14. The summed E-state index contributed by atoms with van der Waals surface area (Å²) in [4.78, 5) is 24.7. The Morgan fingerprint density at radius 3 is 2.81 bits per heavy atom. The van der Waals surface area contributed by atoms with Gasteiger partial charge in [-0.1, -0.05) is 25.4 Å². The zero-order valence-corrected chi connectivity index (χ0v) is 12.9. The van der Waals surface area contributed by atoms with Crippen molar-refractivity contribution in [2.75, 3.05) is 19.0 Å². The van der Waals surface area contributed by atoms with E-state index in [1.807, 2.05) is 13.8 Å². The van der Waals surface area contributed by atoms with Gasteiger partial charge in [0.1, 0.15) is 6.04 Å². The number of methoxy groups -OCH3 is 1. The maximum absolute atomic E-state index is 12.7. The van der Waals surface area contributed by atoms with E-state index in [2.05, 4.69) is 10.6 Å². The van der Waals surface area contributed by atoms with Gasteiger partial charge in [0, 0.05) is 22.7 Å². The highest BCUT2D eigenvalue weighted by Gasteiger charge is 2.65. The molecule has 2 heterocycles. The fourth-order valence-corrected chi connectivity index (χ4v) is 3.80. The molecule has 5 nitrogen and oxygen atoms in total. The number of fused-ring (bicyclic) bond motifs is 2. The Kier molecular flexibility index (Phi) is 3.04. The molecule has 21 heavy (non-hydrogen) atoms. The lowest BCUT2D eigenvalue weighted by atomic mass is 9.62. The van der Waals surface area contributed by atoms with Crippen LogP contribution in [-0.4, -0.2) is 31.6 Å². The predicted octanol–water partition coefficient (Wildman–Crippen LogP) is 1.70. The van der Waals surface area contributed by atoms with Crippen molar-refractivity contribution in [3.8, 4) is 0 Å². The molecule has 112 valence electrons. The topological polar surface area (TPSA) is 67.4 Å². The van der Waals surface area contributed by atoms with Crippen molar-refractivity contribution in [1.29, 1.82) is 0 Å². The largest absolute Gasteiger partial charge is 0.468 e. The second-order valence-corrected chi connectivity index (χ2v) is 6.54. The maximum atomic E-state index is 12.7. The van der Waals surface area contributed by atoms with Crippen molar-refractivity contribution in [2.24, 2.45) is 5.41 Å². The van der Waals surface area contributed by atoms with Gasteiger partial charge in [0.25, 0.3) is 0 Å². The summed E-state index contributed by atoms with van der Waals surface area (Å²) in [6, 6.07) is 4.80. The van der Waals surface area contributed by atoms with Crippen molar-refractivity contribution in [3.05, 3.63) is 28.8 Å². The highest BCUT2D eigenvalue weighted by Crippen LogP contribution is 2.54. The predicted molar refractivity (Wildman–Crippen MR) is 79.3 cm³/mol. The summed E-state index contributed by atoms with van der Waals surface area (Å²) in [5, 5.41) is 6.61. The van der Waals surface area contributed by atoms with E-state index in [1.165, 1.54) is 7.11 Å². The standard InChI is InChI=1S/C15H17ClN2O3/c1-14(2)11(12(19)21-3)17-7-15(14)9-6-8(16)4-5-10(9)18-13(15)20/h4-6,11,17H,7H2,1-3H3,(H,18,20)/t11-,15+/m0/s1. The van der Waals surface area contributed by atoms with E-state index < -0.39 is 16.9 Å². The first kappa shape index (κ1) is 14.4. The Morgan fingerprint density at radius 2 is 2.14 bits per heavy atom. The smallest absolute Gasteiger partial charge is 0.323 e. The molecule has 6 heteroatoms. The van der Waals surface area contributed by atoms with Gasteiger partial charge in [-0.25, -0.2) is 0 Å². The van der Waals surface area contributed by atoms with Crippen LogP contribution in [0.15, 0.2) is 18.2 Å². The zero-order chi connectivity index (χ0) is 15.4. The minimum atomic E-state index is -0.827. The lowest BCUT2D eigenvalue weighted by molar-refractivity contribution is -0.146. The minimum Gasteiger partial charge on any atom is -0.468 e. The number of esters is 1. The second-order valence-electron chi connectivity index (χ2n) is 6.11. The van der Waals surface area contributed by atoms with Gasteiger partial charge in [-0.3, -0.25) is 9.59 Å². The summed E-state index contributed by atoms with van der Waals surface area (Å²) in [5.74, 6) is -0.469. The summed E-state index contributed by atoms with van der Waals surface area (Å²) in [5.41, 5.74) is 0.125. The zero-order valence-electron chi connectivity index (χ0n) is 12.1. The van der Waals surface area contributed by atoms with E-state index in [0.717, 1.165) is 11.3 Å². The van der Waals surface area contributed by atoms with Gasteiger partial charge in [-0.05, 0) is 23.8 Å². The van der Waals surface area contributed by atoms with Crippen LogP contribution in [0.2, 0.25) is 5.02 Å². The molecule has 1 aromatic carbocycles. The lowest BCUT2D eigenvalue weighted by Gasteiger charge is -2.37. The van der Waals surface area contributed by atoms with Crippen LogP contribution in [0.1, 0.15) is 19.4 Å². The number of amides is 1. The van der Waals surface area contributed by atoms with E-state index in [0.29, 0.717) is 11.6 Å². The molecule has 0 aromatic heterocycles. The van der Waals surface area contributed by atoms with Crippen LogP contribution in [0.3, 0.4) is 0 Å². The van der Waals surface area contributed by atoms with Gasteiger partial charge in [-0.15, -0.1) is 0 Å². The number of nitrogens with one attached hydrogen (secondary N) is 2. The maximum Gasteiger partial charge on any atom is 0.323 e. The summed E-state index contributed by atoms with van der Waals surface area (Å²) in [6.07, 6.45) is 0. The van der Waals surface area contributed by atoms with E-state index >= 15 is 0 Å². The van der Waals surface area contributed by atoms with Gasteiger partial charge in [-0.2, -0.15) is 0 Å². The summed E-state index contributed by atoms with van der Waals surface area (Å²) >= 11 is 6.10. The van der Waals surface area contributed by atoms with Crippen molar-refractivity contribution < 1.29 is 14.3 Å². The fraction of sp³-hybridized carbons (Fsp3) is 0.467. The Labute approximate surface area is 128 Å². The first-order valence-electron chi connectivity index (χ1n) is 6.77. The van der Waals surface area contributed by atoms with Crippen molar-refractivity contribution in [1.82, 2.24) is 5.32 Å². The molecular weight excluding hydrogens is 292 g/mol. The summed E-state index contributed by atoms with van der Waals surface area (Å²) in [6.45, 7) is 4.19. The molecule has 0 radical (unpaired) electrons. The molecule has 1 amide bonds. The number of carbonyl (C=O) groups is 2. The van der Waals surface area contributed by atoms with Crippen LogP contribution in [0.25, 0.3) is 0 Å². The Morgan fingerprint density at radius 1 is 1.43 bits per heavy atom. The third kappa shape index (κ3) is 1.67. The van der Waals surface area contributed by atoms with Crippen LogP contribution in [0, 0.1) is 5.41 Å². The van der Waals surface area contributed by atoms with Crippen LogP contribution >= 0.6 is 11.6 Å². The van der Waals surface area contributed by atoms with Crippen molar-refractivity contribution in [2.45, 2.75) is 25.3 Å². The van der Waals surface area contributed by atoms with Gasteiger partial charge >= 0.3 is 5.97 Å². The number of hydrogen-bond acceptors (Lipinski definition) is 4. The molecule has 0 unspecified atom stereocenters. The first-order chi connectivity index (χ1) is 9.84. The van der Waals surface area contributed by atoms with Crippen LogP contribution in [0.5, 0.6) is 0 Å². The van der Waals surface area contributed by atoms with E-state index in [4.69, 9.17) is 16.3 Å². The normalized spacial score (nSPS) is 29.3. The molecule has 1 fully saturated rings. The fourth-order valence-electron chi connectivity index (χ4n) is 3.63. The number of rotatable bonds is 1. The molecule has 2 aliphatic heterocycles. The molecule has 0 aliphatic carbocycles. The monoisotopic (exact) mass is 308 g/mol. The van der Waals surface area contributed by atoms with E-state index in [1.54, 1.807) is 18.2 Å². The van der Waals surface area contributed by atoms with E-state index in [9.17, 15) is 9.59 Å². The average Bonchev–Trinajstić information content (AvgIpc) is 2.87. The van der Waals surface area contributed by atoms with Gasteiger partial charge in [0.2, 0.25) is 5.91 Å². The van der Waals surface area contributed by atoms with Crippen LogP contribution < -0.4 is 10.6 Å². The third-order valence-electron chi connectivity index (χ3n) is 4.91. The van der Waals surface area contributed by atoms with Gasteiger partial charge in [0.15, 0.2) is 0 Å². The Balaban J connectivity index is 2.17. The highest BCUT2D eigenvalue weighted by molar-refractivity contribution is 6.31. The van der Waals surface area contributed by atoms with E-state index in [-0.39, 0.29) is 11.9 Å². The number of carbonyl (C=O) groups excluding carboxylic acids is 2. The molecule has 3 rings (SSSR count). The summed E-state index contributed by atoms with van der Waals surface area (Å²) < 4.78 is 4.86. The number of anilines is 1. The Bertz CT molecular complexity index is 644. The molecule has 0 saturated carbocycles. The van der Waals surface area contributed by atoms with Crippen LogP contribution in [0.4, 0.5) is 5.69 Å². The second kappa shape index (κ2) is 4.45. The Hall–Kier alpha value is -1.59. The molecule has 1 saturated heterocycles. The first-order valence-corrected chi connectivity index (χ1v) is 7.15. The quantitative estimate of drug-likeness (QED) is 0.775. The highest BCUT2D eigenvalue weighted by atomic mass is 35.5. The van der Waals surface area contributed by atoms with Crippen LogP contribution in [-0.2, 0) is 19.7 Å². The molecule has 1 aromatic rings. The molecule has 0 bridgehead atoms. The average molecular weight is 309 g/mol. The minimum absolute atomic E-state index is 0.108. The van der Waals surface area contributed by atoms with Crippen molar-refractivity contribution >= 4 is 29.2 Å². The molecule has 2 N–H and O–H groups in total. The van der Waals surface area contributed by atoms with Gasteiger partial charge in [0.05, 0.1) is 12.5 Å². The molecular formula is C15H17ClN2O3. The summed E-state index contributed by atoms with van der Waals surface area (Å²) in [7, 11) is 1.35.